The summed E-state index contributed by atoms with van der Waals surface area (Å²) >= 11 is 0. The van der Waals surface area contributed by atoms with Crippen LogP contribution in [0.3, 0.4) is 0 Å². The summed E-state index contributed by atoms with van der Waals surface area (Å²) in [5, 5.41) is 0. The molecule has 2 heteroatoms. The molecule has 1 aliphatic carbocycles. The molecule has 2 aliphatic rings. The molecule has 2 nitrogen and oxygen atoms in total. The SMILES string of the molecule is Cc1ccc(CC2CC(N)CN(C3CCC3)C2)cc1C. The minimum Gasteiger partial charge on any atom is -0.327 e. The molecule has 1 aliphatic heterocycles. The minimum atomic E-state index is 0.376. The molecule has 0 bridgehead atoms. The Balaban J connectivity index is 1.64. The first-order chi connectivity index (χ1) is 9.61. The van der Waals surface area contributed by atoms with E-state index in [2.05, 4.69) is 36.9 Å². The Labute approximate surface area is 123 Å². The zero-order valence-corrected chi connectivity index (χ0v) is 12.9. The van der Waals surface area contributed by atoms with Crippen molar-refractivity contribution in [2.75, 3.05) is 13.1 Å². The van der Waals surface area contributed by atoms with E-state index in [1.165, 1.54) is 55.3 Å². The molecule has 110 valence electrons. The Morgan fingerprint density at radius 1 is 1.15 bits per heavy atom. The van der Waals surface area contributed by atoms with Gasteiger partial charge >= 0.3 is 0 Å². The van der Waals surface area contributed by atoms with Gasteiger partial charge in [0, 0.05) is 25.2 Å². The zero-order valence-electron chi connectivity index (χ0n) is 12.9. The number of hydrogen-bond donors (Lipinski definition) is 1. The summed E-state index contributed by atoms with van der Waals surface area (Å²) in [6, 6.07) is 8.14. The third kappa shape index (κ3) is 3.07. The molecule has 1 saturated heterocycles. The number of rotatable bonds is 3. The van der Waals surface area contributed by atoms with Crippen LogP contribution in [0.1, 0.15) is 42.4 Å². The molecular formula is C18H28N2. The van der Waals surface area contributed by atoms with Gasteiger partial charge in [0.05, 0.1) is 0 Å². The first kappa shape index (κ1) is 14.1. The maximum absolute atomic E-state index is 6.30. The highest BCUT2D eigenvalue weighted by Crippen LogP contribution is 2.30. The van der Waals surface area contributed by atoms with E-state index in [9.17, 15) is 0 Å². The van der Waals surface area contributed by atoms with Crippen molar-refractivity contribution in [3.05, 3.63) is 34.9 Å². The molecule has 2 fully saturated rings. The predicted molar refractivity (Wildman–Crippen MR) is 84.9 cm³/mol. The number of benzene rings is 1. The van der Waals surface area contributed by atoms with Crippen LogP contribution in [-0.2, 0) is 6.42 Å². The van der Waals surface area contributed by atoms with Gasteiger partial charge in [0.1, 0.15) is 0 Å². The van der Waals surface area contributed by atoms with Gasteiger partial charge in [-0.1, -0.05) is 24.6 Å². The van der Waals surface area contributed by atoms with E-state index in [0.29, 0.717) is 6.04 Å². The number of nitrogens with zero attached hydrogens (tertiary/aromatic N) is 1. The molecule has 2 atom stereocenters. The number of piperidine rings is 1. The molecule has 1 saturated carbocycles. The summed E-state index contributed by atoms with van der Waals surface area (Å²) in [5.41, 5.74) is 10.6. The largest absolute Gasteiger partial charge is 0.327 e. The summed E-state index contributed by atoms with van der Waals surface area (Å²) in [6.07, 6.45) is 6.58. The lowest BCUT2D eigenvalue weighted by molar-refractivity contribution is 0.0669. The number of hydrogen-bond acceptors (Lipinski definition) is 2. The van der Waals surface area contributed by atoms with Crippen molar-refractivity contribution in [1.29, 1.82) is 0 Å². The second kappa shape index (κ2) is 5.87. The van der Waals surface area contributed by atoms with E-state index < -0.39 is 0 Å². The maximum atomic E-state index is 6.30. The Morgan fingerprint density at radius 3 is 2.60 bits per heavy atom. The monoisotopic (exact) mass is 272 g/mol. The van der Waals surface area contributed by atoms with E-state index >= 15 is 0 Å². The molecule has 1 aromatic carbocycles. The second-order valence-electron chi connectivity index (χ2n) is 7.02. The lowest BCUT2D eigenvalue weighted by atomic mass is 9.84. The highest BCUT2D eigenvalue weighted by Gasteiger charge is 2.32. The van der Waals surface area contributed by atoms with Crippen LogP contribution >= 0.6 is 0 Å². The molecule has 0 amide bonds. The van der Waals surface area contributed by atoms with Crippen molar-refractivity contribution in [3.8, 4) is 0 Å². The van der Waals surface area contributed by atoms with Crippen molar-refractivity contribution in [2.45, 2.75) is 58.0 Å². The van der Waals surface area contributed by atoms with Crippen molar-refractivity contribution >= 4 is 0 Å². The van der Waals surface area contributed by atoms with Crippen molar-refractivity contribution < 1.29 is 0 Å². The van der Waals surface area contributed by atoms with Gasteiger partial charge in [0.15, 0.2) is 0 Å². The maximum Gasteiger partial charge on any atom is 0.0171 e. The van der Waals surface area contributed by atoms with Gasteiger partial charge in [-0.2, -0.15) is 0 Å². The first-order valence-electron chi connectivity index (χ1n) is 8.17. The molecular weight excluding hydrogens is 244 g/mol. The molecule has 2 N–H and O–H groups in total. The Bertz CT molecular complexity index is 464. The fourth-order valence-corrected chi connectivity index (χ4v) is 3.75. The molecule has 2 unspecified atom stereocenters. The Morgan fingerprint density at radius 2 is 1.95 bits per heavy atom. The van der Waals surface area contributed by atoms with Crippen LogP contribution in [0, 0.1) is 19.8 Å². The van der Waals surface area contributed by atoms with Crippen LogP contribution in [-0.4, -0.2) is 30.1 Å². The number of likely N-dealkylation sites (tertiary alicyclic amines) is 1. The molecule has 0 aromatic heterocycles. The fourth-order valence-electron chi connectivity index (χ4n) is 3.75. The lowest BCUT2D eigenvalue weighted by Crippen LogP contribution is -2.53. The summed E-state index contributed by atoms with van der Waals surface area (Å²) in [7, 11) is 0. The Hall–Kier alpha value is -0.860. The standard InChI is InChI=1S/C18H28N2/c1-13-6-7-15(8-14(13)2)9-16-10-17(19)12-20(11-16)18-4-3-5-18/h6-8,16-18H,3-5,9-12,19H2,1-2H3. The van der Waals surface area contributed by atoms with Crippen LogP contribution in [0.4, 0.5) is 0 Å². The topological polar surface area (TPSA) is 29.3 Å². The van der Waals surface area contributed by atoms with Gasteiger partial charge in [-0.25, -0.2) is 0 Å². The van der Waals surface area contributed by atoms with E-state index in [1.807, 2.05) is 0 Å². The molecule has 1 heterocycles. The lowest BCUT2D eigenvalue weighted by Gasteiger charge is -2.44. The van der Waals surface area contributed by atoms with E-state index in [-0.39, 0.29) is 0 Å². The smallest absolute Gasteiger partial charge is 0.0171 e. The molecule has 20 heavy (non-hydrogen) atoms. The van der Waals surface area contributed by atoms with Crippen LogP contribution in [0.15, 0.2) is 18.2 Å². The average Bonchev–Trinajstić information content (AvgIpc) is 2.31. The van der Waals surface area contributed by atoms with Crippen LogP contribution in [0.2, 0.25) is 0 Å². The molecule has 1 aromatic rings. The van der Waals surface area contributed by atoms with Crippen LogP contribution in [0.25, 0.3) is 0 Å². The van der Waals surface area contributed by atoms with Crippen molar-refractivity contribution in [2.24, 2.45) is 11.7 Å². The summed E-state index contributed by atoms with van der Waals surface area (Å²) < 4.78 is 0. The summed E-state index contributed by atoms with van der Waals surface area (Å²) in [4.78, 5) is 2.67. The summed E-state index contributed by atoms with van der Waals surface area (Å²) in [6.45, 7) is 6.78. The van der Waals surface area contributed by atoms with Crippen molar-refractivity contribution in [1.82, 2.24) is 4.90 Å². The van der Waals surface area contributed by atoms with E-state index in [1.54, 1.807) is 0 Å². The third-order valence-corrected chi connectivity index (χ3v) is 5.28. The van der Waals surface area contributed by atoms with E-state index in [0.717, 1.165) is 18.5 Å². The van der Waals surface area contributed by atoms with Crippen molar-refractivity contribution in [3.63, 3.8) is 0 Å². The fraction of sp³-hybridized carbons (Fsp3) is 0.667. The Kier molecular flexibility index (Phi) is 4.13. The highest BCUT2D eigenvalue weighted by molar-refractivity contribution is 5.30. The van der Waals surface area contributed by atoms with Gasteiger partial charge in [0.2, 0.25) is 0 Å². The number of nitrogens with two attached hydrogens (primary N) is 1. The quantitative estimate of drug-likeness (QED) is 0.916. The molecule has 3 rings (SSSR count). The van der Waals surface area contributed by atoms with Gasteiger partial charge in [-0.15, -0.1) is 0 Å². The van der Waals surface area contributed by atoms with Gasteiger partial charge in [-0.05, 0) is 62.1 Å². The molecule has 0 spiro atoms. The zero-order chi connectivity index (χ0) is 14.1. The highest BCUT2D eigenvalue weighted by atomic mass is 15.2. The minimum absolute atomic E-state index is 0.376. The average molecular weight is 272 g/mol. The second-order valence-corrected chi connectivity index (χ2v) is 7.02. The van der Waals surface area contributed by atoms with Gasteiger partial charge in [0.25, 0.3) is 0 Å². The third-order valence-electron chi connectivity index (χ3n) is 5.28. The normalized spacial score (nSPS) is 28.4. The predicted octanol–water partition coefficient (Wildman–Crippen LogP) is 3.05. The summed E-state index contributed by atoms with van der Waals surface area (Å²) in [5.74, 6) is 0.737. The van der Waals surface area contributed by atoms with Gasteiger partial charge in [-0.3, -0.25) is 4.90 Å². The van der Waals surface area contributed by atoms with Gasteiger partial charge < -0.3 is 5.73 Å². The number of aryl methyl sites for hydroxylation is 2. The van der Waals surface area contributed by atoms with Crippen LogP contribution < -0.4 is 5.73 Å². The molecule has 0 radical (unpaired) electrons. The van der Waals surface area contributed by atoms with E-state index in [4.69, 9.17) is 5.73 Å². The first-order valence-corrected chi connectivity index (χ1v) is 8.17. The van der Waals surface area contributed by atoms with Crippen LogP contribution in [0.5, 0.6) is 0 Å².